The van der Waals surface area contributed by atoms with Gasteiger partial charge in [-0.05, 0) is 18.4 Å². The van der Waals surface area contributed by atoms with Crippen LogP contribution in [0.3, 0.4) is 0 Å². The summed E-state index contributed by atoms with van der Waals surface area (Å²) in [6.07, 6.45) is 7.73. The van der Waals surface area contributed by atoms with E-state index in [4.69, 9.17) is 0 Å². The fraction of sp³-hybridized carbons (Fsp3) is 0.571. The molecule has 0 spiro atoms. The molecule has 1 heteroatoms. The van der Waals surface area contributed by atoms with Gasteiger partial charge in [0.2, 0.25) is 0 Å². The van der Waals surface area contributed by atoms with Crippen molar-refractivity contribution in [3.8, 4) is 0 Å². The number of rotatable bonds is 7. The standard InChI is InChI=1S/C14H22S/c1-2-3-4-8-11-14(15)12-13-9-6-5-7-10-13/h5-7,9-10,14-15H,2-4,8,11-12H2,1H3. The molecule has 0 aromatic heterocycles. The van der Waals surface area contributed by atoms with Gasteiger partial charge < -0.3 is 0 Å². The normalized spacial score (nSPS) is 12.7. The molecule has 0 aliphatic rings. The highest BCUT2D eigenvalue weighted by Gasteiger charge is 2.03. The average Bonchev–Trinajstić information content (AvgIpc) is 2.26. The Hall–Kier alpha value is -0.430. The van der Waals surface area contributed by atoms with E-state index in [9.17, 15) is 0 Å². The topological polar surface area (TPSA) is 0 Å². The summed E-state index contributed by atoms with van der Waals surface area (Å²) in [4.78, 5) is 0. The van der Waals surface area contributed by atoms with Gasteiger partial charge in [-0.15, -0.1) is 0 Å². The lowest BCUT2D eigenvalue weighted by molar-refractivity contribution is 0.617. The highest BCUT2D eigenvalue weighted by molar-refractivity contribution is 7.80. The van der Waals surface area contributed by atoms with Gasteiger partial charge in [0.15, 0.2) is 0 Å². The smallest absolute Gasteiger partial charge is 0.00572 e. The largest absolute Gasteiger partial charge is 0.176 e. The van der Waals surface area contributed by atoms with Crippen molar-refractivity contribution < 1.29 is 0 Å². The third-order valence-electron chi connectivity index (χ3n) is 2.71. The van der Waals surface area contributed by atoms with Crippen LogP contribution in [0.5, 0.6) is 0 Å². The Bertz CT molecular complexity index is 243. The van der Waals surface area contributed by atoms with Gasteiger partial charge in [0.1, 0.15) is 0 Å². The van der Waals surface area contributed by atoms with Crippen molar-refractivity contribution in [2.45, 2.75) is 50.7 Å². The highest BCUT2D eigenvalue weighted by Crippen LogP contribution is 2.14. The van der Waals surface area contributed by atoms with E-state index >= 15 is 0 Å². The lowest BCUT2D eigenvalue weighted by Crippen LogP contribution is -2.03. The third-order valence-corrected chi connectivity index (χ3v) is 3.15. The molecule has 0 aliphatic heterocycles. The first kappa shape index (κ1) is 12.6. The van der Waals surface area contributed by atoms with Crippen LogP contribution in [0, 0.1) is 0 Å². The SMILES string of the molecule is CCCCCCC(S)Cc1ccccc1. The van der Waals surface area contributed by atoms with Gasteiger partial charge in [0.05, 0.1) is 0 Å². The summed E-state index contributed by atoms with van der Waals surface area (Å²) in [5, 5.41) is 0.532. The van der Waals surface area contributed by atoms with Gasteiger partial charge >= 0.3 is 0 Å². The third kappa shape index (κ3) is 5.88. The number of unbranched alkanes of at least 4 members (excludes halogenated alkanes) is 3. The van der Waals surface area contributed by atoms with E-state index in [1.807, 2.05) is 0 Å². The predicted octanol–water partition coefficient (Wildman–Crippen LogP) is 4.50. The molecule has 0 heterocycles. The highest BCUT2D eigenvalue weighted by atomic mass is 32.1. The van der Waals surface area contributed by atoms with Crippen LogP contribution in [0.4, 0.5) is 0 Å². The van der Waals surface area contributed by atoms with Crippen molar-refractivity contribution >= 4 is 12.6 Å². The number of hydrogen-bond donors (Lipinski definition) is 1. The second-order valence-corrected chi connectivity index (χ2v) is 4.92. The summed E-state index contributed by atoms with van der Waals surface area (Å²) >= 11 is 4.64. The Morgan fingerprint density at radius 3 is 2.47 bits per heavy atom. The molecule has 1 aromatic carbocycles. The van der Waals surface area contributed by atoms with Crippen LogP contribution in [0.1, 0.15) is 44.6 Å². The summed E-state index contributed by atoms with van der Waals surface area (Å²) < 4.78 is 0. The molecule has 1 atom stereocenters. The van der Waals surface area contributed by atoms with Crippen LogP contribution < -0.4 is 0 Å². The van der Waals surface area contributed by atoms with Gasteiger partial charge in [-0.1, -0.05) is 62.9 Å². The Balaban J connectivity index is 2.16. The Kier molecular flexibility index (Phi) is 6.58. The maximum Gasteiger partial charge on any atom is 0.00572 e. The van der Waals surface area contributed by atoms with E-state index in [0.717, 1.165) is 6.42 Å². The molecule has 1 aromatic rings. The Morgan fingerprint density at radius 1 is 1.07 bits per heavy atom. The second kappa shape index (κ2) is 7.81. The van der Waals surface area contributed by atoms with Gasteiger partial charge in [-0.25, -0.2) is 0 Å². The summed E-state index contributed by atoms with van der Waals surface area (Å²) in [7, 11) is 0. The van der Waals surface area contributed by atoms with Crippen LogP contribution in [0.25, 0.3) is 0 Å². The monoisotopic (exact) mass is 222 g/mol. The summed E-state index contributed by atoms with van der Waals surface area (Å²) in [6.45, 7) is 2.25. The van der Waals surface area contributed by atoms with E-state index in [2.05, 4.69) is 49.9 Å². The van der Waals surface area contributed by atoms with Gasteiger partial charge in [-0.2, -0.15) is 12.6 Å². The van der Waals surface area contributed by atoms with Gasteiger partial charge in [-0.3, -0.25) is 0 Å². The molecule has 0 amide bonds. The first-order valence-electron chi connectivity index (χ1n) is 6.05. The van der Waals surface area contributed by atoms with Crippen LogP contribution in [-0.2, 0) is 6.42 Å². The molecule has 15 heavy (non-hydrogen) atoms. The quantitative estimate of drug-likeness (QED) is 0.510. The van der Waals surface area contributed by atoms with Crippen molar-refractivity contribution in [3.05, 3.63) is 35.9 Å². The predicted molar refractivity (Wildman–Crippen MR) is 71.7 cm³/mol. The first-order valence-corrected chi connectivity index (χ1v) is 6.56. The minimum atomic E-state index is 0.532. The van der Waals surface area contributed by atoms with E-state index in [1.54, 1.807) is 0 Å². The molecule has 0 fully saturated rings. The molecule has 0 nitrogen and oxygen atoms in total. The Labute approximate surface area is 99.5 Å². The van der Waals surface area contributed by atoms with E-state index in [0.29, 0.717) is 5.25 Å². The minimum absolute atomic E-state index is 0.532. The molecule has 1 rings (SSSR count). The zero-order valence-electron chi connectivity index (χ0n) is 9.65. The molecule has 0 saturated heterocycles. The zero-order chi connectivity index (χ0) is 10.9. The molecular formula is C14H22S. The van der Waals surface area contributed by atoms with E-state index < -0.39 is 0 Å². The van der Waals surface area contributed by atoms with E-state index in [1.165, 1.54) is 37.7 Å². The zero-order valence-corrected chi connectivity index (χ0v) is 10.5. The molecular weight excluding hydrogens is 200 g/mol. The fourth-order valence-corrected chi connectivity index (χ4v) is 2.19. The summed E-state index contributed by atoms with van der Waals surface area (Å²) in [6, 6.07) is 10.7. The second-order valence-electron chi connectivity index (χ2n) is 4.19. The molecule has 84 valence electrons. The lowest BCUT2D eigenvalue weighted by atomic mass is 10.0. The molecule has 0 aliphatic carbocycles. The number of benzene rings is 1. The summed E-state index contributed by atoms with van der Waals surface area (Å²) in [5.41, 5.74) is 1.41. The maximum absolute atomic E-state index is 4.64. The number of thiol groups is 1. The van der Waals surface area contributed by atoms with Crippen LogP contribution in [0.2, 0.25) is 0 Å². The van der Waals surface area contributed by atoms with Crippen LogP contribution in [0.15, 0.2) is 30.3 Å². The van der Waals surface area contributed by atoms with Gasteiger partial charge in [0.25, 0.3) is 0 Å². The summed E-state index contributed by atoms with van der Waals surface area (Å²) in [5.74, 6) is 0. The van der Waals surface area contributed by atoms with Crippen LogP contribution >= 0.6 is 12.6 Å². The molecule has 0 radical (unpaired) electrons. The van der Waals surface area contributed by atoms with Crippen molar-refractivity contribution in [3.63, 3.8) is 0 Å². The van der Waals surface area contributed by atoms with E-state index in [-0.39, 0.29) is 0 Å². The molecule has 1 unspecified atom stereocenters. The minimum Gasteiger partial charge on any atom is -0.176 e. The first-order chi connectivity index (χ1) is 7.33. The molecule has 0 bridgehead atoms. The van der Waals surface area contributed by atoms with Crippen molar-refractivity contribution in [2.24, 2.45) is 0 Å². The molecule has 0 saturated carbocycles. The lowest BCUT2D eigenvalue weighted by Gasteiger charge is -2.10. The Morgan fingerprint density at radius 2 is 1.80 bits per heavy atom. The van der Waals surface area contributed by atoms with Crippen molar-refractivity contribution in [1.29, 1.82) is 0 Å². The maximum atomic E-state index is 4.64. The average molecular weight is 222 g/mol. The van der Waals surface area contributed by atoms with Crippen molar-refractivity contribution in [1.82, 2.24) is 0 Å². The van der Waals surface area contributed by atoms with Crippen molar-refractivity contribution in [2.75, 3.05) is 0 Å². The number of hydrogen-bond acceptors (Lipinski definition) is 1. The van der Waals surface area contributed by atoms with Crippen LogP contribution in [-0.4, -0.2) is 5.25 Å². The van der Waals surface area contributed by atoms with Gasteiger partial charge in [0, 0.05) is 5.25 Å². The fourth-order valence-electron chi connectivity index (χ4n) is 1.79. The molecule has 0 N–H and O–H groups in total.